The smallest absolute Gasteiger partial charge is 0.387 e. The Morgan fingerprint density at radius 3 is 2.61 bits per heavy atom. The molecule has 1 aromatic carbocycles. The second-order valence-corrected chi connectivity index (χ2v) is 6.56. The maximum Gasteiger partial charge on any atom is 0.387 e. The number of hydrogen-bond acceptors (Lipinski definition) is 7. The zero-order valence-corrected chi connectivity index (χ0v) is 17.0. The van der Waals surface area contributed by atoms with Gasteiger partial charge in [0.2, 0.25) is 0 Å². The Bertz CT molecular complexity index is 1230. The first-order valence-electron chi connectivity index (χ1n) is 9.15. The van der Waals surface area contributed by atoms with Gasteiger partial charge in [-0.3, -0.25) is 13.9 Å². The Labute approximate surface area is 174 Å². The Morgan fingerprint density at radius 1 is 1.19 bits per heavy atom. The highest BCUT2D eigenvalue weighted by molar-refractivity contribution is 5.90. The molecular formula is C19H20F2N4O6. The number of carbonyl (C=O) groups excluding carboxylic acids is 1. The topological polar surface area (TPSA) is 107 Å². The lowest BCUT2D eigenvalue weighted by Gasteiger charge is -2.11. The number of methoxy groups -OCH3 is 1. The number of aromatic nitrogens is 4. The van der Waals surface area contributed by atoms with Gasteiger partial charge in [0.1, 0.15) is 0 Å². The van der Waals surface area contributed by atoms with E-state index in [1.807, 2.05) is 0 Å². The van der Waals surface area contributed by atoms with Crippen LogP contribution < -0.4 is 20.7 Å². The summed E-state index contributed by atoms with van der Waals surface area (Å²) in [5.74, 6) is -0.978. The van der Waals surface area contributed by atoms with E-state index in [2.05, 4.69) is 9.72 Å². The number of halogens is 2. The normalized spacial score (nSPS) is 11.2. The second kappa shape index (κ2) is 8.98. The molecule has 10 nitrogen and oxygen atoms in total. The van der Waals surface area contributed by atoms with Crippen molar-refractivity contribution in [1.29, 1.82) is 0 Å². The maximum atomic E-state index is 12.6. The quantitative estimate of drug-likeness (QED) is 0.385. The molecule has 0 aliphatic carbocycles. The van der Waals surface area contributed by atoms with Gasteiger partial charge in [0.25, 0.3) is 5.56 Å². The molecule has 31 heavy (non-hydrogen) atoms. The largest absolute Gasteiger partial charge is 0.493 e. The third-order valence-corrected chi connectivity index (χ3v) is 4.58. The molecule has 0 aliphatic rings. The molecular weight excluding hydrogens is 418 g/mol. The molecule has 0 radical (unpaired) electrons. The Hall–Kier alpha value is -3.70. The summed E-state index contributed by atoms with van der Waals surface area (Å²) in [7, 11) is 4.42. The molecule has 3 rings (SSSR count). The van der Waals surface area contributed by atoms with E-state index in [-0.39, 0.29) is 47.8 Å². The van der Waals surface area contributed by atoms with Crippen molar-refractivity contribution in [3.8, 4) is 11.5 Å². The van der Waals surface area contributed by atoms with Crippen LogP contribution in [0.15, 0.2) is 34.1 Å². The minimum atomic E-state index is -3.03. The van der Waals surface area contributed by atoms with Crippen molar-refractivity contribution in [3.63, 3.8) is 0 Å². The molecule has 0 atom stereocenters. The molecule has 0 bridgehead atoms. The zero-order chi connectivity index (χ0) is 22.7. The molecule has 166 valence electrons. The predicted molar refractivity (Wildman–Crippen MR) is 105 cm³/mol. The van der Waals surface area contributed by atoms with Crippen LogP contribution in [0.25, 0.3) is 11.2 Å². The lowest BCUT2D eigenvalue weighted by Crippen LogP contribution is -2.39. The molecule has 0 saturated carbocycles. The third-order valence-electron chi connectivity index (χ3n) is 4.58. The number of esters is 1. The van der Waals surface area contributed by atoms with Crippen LogP contribution in [0.2, 0.25) is 0 Å². The average molecular weight is 438 g/mol. The maximum absolute atomic E-state index is 12.6. The monoisotopic (exact) mass is 438 g/mol. The van der Waals surface area contributed by atoms with Crippen molar-refractivity contribution in [2.45, 2.75) is 19.6 Å². The Balaban J connectivity index is 1.66. The molecule has 3 aromatic rings. The van der Waals surface area contributed by atoms with Crippen molar-refractivity contribution in [2.24, 2.45) is 14.1 Å². The minimum absolute atomic E-state index is 0.0321. The van der Waals surface area contributed by atoms with E-state index in [1.165, 1.54) is 47.8 Å². The van der Waals surface area contributed by atoms with Gasteiger partial charge in [-0.2, -0.15) is 8.78 Å². The summed E-state index contributed by atoms with van der Waals surface area (Å²) < 4.78 is 43.0. The first kappa shape index (κ1) is 22.0. The van der Waals surface area contributed by atoms with Crippen LogP contribution in [0.3, 0.4) is 0 Å². The number of nitrogens with zero attached hydrogens (tertiary/aromatic N) is 4. The van der Waals surface area contributed by atoms with Gasteiger partial charge in [0, 0.05) is 20.6 Å². The number of ether oxygens (including phenoxy) is 3. The average Bonchev–Trinajstić information content (AvgIpc) is 3.13. The molecule has 0 unspecified atom stereocenters. The summed E-state index contributed by atoms with van der Waals surface area (Å²) >= 11 is 0. The van der Waals surface area contributed by atoms with Crippen LogP contribution in [-0.2, 0) is 25.4 Å². The fourth-order valence-electron chi connectivity index (χ4n) is 3.05. The highest BCUT2D eigenvalue weighted by Crippen LogP contribution is 2.29. The van der Waals surface area contributed by atoms with Crippen LogP contribution in [0.1, 0.15) is 16.8 Å². The number of aryl methyl sites for hydroxylation is 2. The van der Waals surface area contributed by atoms with Gasteiger partial charge in [-0.15, -0.1) is 0 Å². The fraction of sp³-hybridized carbons (Fsp3) is 0.368. The van der Waals surface area contributed by atoms with Gasteiger partial charge >= 0.3 is 18.3 Å². The minimum Gasteiger partial charge on any atom is -0.493 e. The van der Waals surface area contributed by atoms with Crippen molar-refractivity contribution in [3.05, 3.63) is 50.9 Å². The van der Waals surface area contributed by atoms with Crippen LogP contribution in [-0.4, -0.2) is 45.0 Å². The van der Waals surface area contributed by atoms with E-state index in [0.29, 0.717) is 0 Å². The van der Waals surface area contributed by atoms with Crippen molar-refractivity contribution in [1.82, 2.24) is 18.7 Å². The van der Waals surface area contributed by atoms with E-state index in [4.69, 9.17) is 9.47 Å². The predicted octanol–water partition coefficient (Wildman–Crippen LogP) is 1.29. The standard InChI is InChI=1S/C19H20F2N4O6/c1-23-10-22-15-14(23)16(26)25(19(28)24(15)2)7-4-8-30-17(27)11-5-6-12(31-18(20)21)13(9-11)29-3/h5-6,9-10,18H,4,7-8H2,1-3H3. The van der Waals surface area contributed by atoms with E-state index < -0.39 is 23.8 Å². The van der Waals surface area contributed by atoms with Crippen LogP contribution >= 0.6 is 0 Å². The van der Waals surface area contributed by atoms with Crippen molar-refractivity contribution in [2.75, 3.05) is 13.7 Å². The number of hydrogen-bond donors (Lipinski definition) is 0. The lowest BCUT2D eigenvalue weighted by molar-refractivity contribution is -0.0512. The van der Waals surface area contributed by atoms with Crippen molar-refractivity contribution >= 4 is 17.1 Å². The number of carbonyl (C=O) groups is 1. The van der Waals surface area contributed by atoms with Gasteiger partial charge in [-0.05, 0) is 24.6 Å². The van der Waals surface area contributed by atoms with Gasteiger partial charge in [0.05, 0.1) is 25.6 Å². The zero-order valence-electron chi connectivity index (χ0n) is 17.0. The third kappa shape index (κ3) is 4.42. The van der Waals surface area contributed by atoms with E-state index in [0.717, 1.165) is 4.57 Å². The summed E-state index contributed by atoms with van der Waals surface area (Å²) in [6, 6.07) is 3.66. The Morgan fingerprint density at radius 2 is 1.94 bits per heavy atom. The summed E-state index contributed by atoms with van der Waals surface area (Å²) in [5, 5.41) is 0. The highest BCUT2D eigenvalue weighted by Gasteiger charge is 2.16. The molecule has 0 aliphatic heterocycles. The fourth-order valence-corrected chi connectivity index (χ4v) is 3.05. The summed E-state index contributed by atoms with van der Waals surface area (Å²) in [6.07, 6.45) is 1.65. The molecule has 0 spiro atoms. The van der Waals surface area contributed by atoms with Gasteiger partial charge in [-0.25, -0.2) is 14.6 Å². The molecule has 0 N–H and O–H groups in total. The highest BCUT2D eigenvalue weighted by atomic mass is 19.3. The summed E-state index contributed by atoms with van der Waals surface area (Å²) in [5.41, 5.74) is -0.362. The van der Waals surface area contributed by atoms with Crippen LogP contribution in [0, 0.1) is 0 Å². The van der Waals surface area contributed by atoms with Crippen LogP contribution in [0.4, 0.5) is 8.78 Å². The molecule has 0 fully saturated rings. The van der Waals surface area contributed by atoms with Crippen molar-refractivity contribution < 1.29 is 27.8 Å². The van der Waals surface area contributed by atoms with E-state index >= 15 is 0 Å². The van der Waals surface area contributed by atoms with E-state index in [9.17, 15) is 23.2 Å². The molecule has 0 amide bonds. The number of benzene rings is 1. The molecule has 2 heterocycles. The number of rotatable bonds is 8. The first-order valence-corrected chi connectivity index (χ1v) is 9.15. The number of alkyl halides is 2. The number of fused-ring (bicyclic) bond motifs is 1. The lowest BCUT2D eigenvalue weighted by atomic mass is 10.2. The van der Waals surface area contributed by atoms with E-state index in [1.54, 1.807) is 7.05 Å². The molecule has 2 aromatic heterocycles. The summed E-state index contributed by atoms with van der Waals surface area (Å²) in [6.45, 7) is -3.08. The SMILES string of the molecule is COc1cc(C(=O)OCCCn2c(=O)c3c(ncn3C)n(C)c2=O)ccc1OC(F)F. The summed E-state index contributed by atoms with van der Waals surface area (Å²) in [4.78, 5) is 41.3. The first-order chi connectivity index (χ1) is 14.7. The van der Waals surface area contributed by atoms with Gasteiger partial charge < -0.3 is 18.8 Å². The van der Waals surface area contributed by atoms with Crippen LogP contribution in [0.5, 0.6) is 11.5 Å². The molecule has 12 heteroatoms. The van der Waals surface area contributed by atoms with Gasteiger partial charge in [0.15, 0.2) is 22.7 Å². The number of imidazole rings is 1. The Kier molecular flexibility index (Phi) is 6.37. The van der Waals surface area contributed by atoms with Gasteiger partial charge in [-0.1, -0.05) is 0 Å². The molecule has 0 saturated heterocycles. The second-order valence-electron chi connectivity index (χ2n) is 6.56.